The molecular formula is C74H41N3O2. The van der Waals surface area contributed by atoms with E-state index in [2.05, 4.69) is 238 Å². The molecule has 2 spiro atoms. The third-order valence-electron chi connectivity index (χ3n) is 20.8. The van der Waals surface area contributed by atoms with Gasteiger partial charge in [0.05, 0.1) is 50.5 Å². The van der Waals surface area contributed by atoms with Crippen molar-refractivity contribution < 1.29 is 9.59 Å². The van der Waals surface area contributed by atoms with E-state index >= 15 is 9.59 Å². The number of para-hydroxylation sites is 3. The zero-order chi connectivity index (χ0) is 51.1. The van der Waals surface area contributed by atoms with Gasteiger partial charge in [0, 0.05) is 88.3 Å². The first kappa shape index (κ1) is 40.4. The molecule has 0 fully saturated rings. The molecular weight excluding hydrogens is 963 g/mol. The molecule has 6 unspecified atom stereocenters. The quantitative estimate of drug-likeness (QED) is 0.173. The number of hydrogen-bond acceptors (Lipinski definition) is 2. The Bertz CT molecular complexity index is 5260. The Kier molecular flexibility index (Phi) is 6.71. The molecule has 0 saturated carbocycles. The number of carbonyl (C=O) groups is 2. The molecule has 0 saturated heterocycles. The molecule has 4 heterocycles. The molecule has 0 aliphatic heterocycles. The summed E-state index contributed by atoms with van der Waals surface area (Å²) in [7, 11) is 0. The Labute approximate surface area is 451 Å². The molecule has 79 heavy (non-hydrogen) atoms. The highest BCUT2D eigenvalue weighted by molar-refractivity contribution is 6.28. The van der Waals surface area contributed by atoms with Gasteiger partial charge < -0.3 is 13.5 Å². The van der Waals surface area contributed by atoms with Gasteiger partial charge in [-0.3, -0.25) is 9.59 Å². The second-order valence-electron chi connectivity index (χ2n) is 23.6. The highest BCUT2D eigenvalue weighted by Crippen LogP contribution is 2.75. The molecule has 4 aromatic heterocycles. The van der Waals surface area contributed by atoms with Crippen LogP contribution in [0.15, 0.2) is 224 Å². The van der Waals surface area contributed by atoms with E-state index in [4.69, 9.17) is 0 Å². The van der Waals surface area contributed by atoms with Crippen LogP contribution >= 0.6 is 0 Å². The highest BCUT2D eigenvalue weighted by Gasteiger charge is 2.70. The summed E-state index contributed by atoms with van der Waals surface area (Å²) in [5, 5.41) is 9.32. The summed E-state index contributed by atoms with van der Waals surface area (Å²) in [5.74, 6) is -0.0156. The fourth-order valence-electron chi connectivity index (χ4n) is 18.3. The second-order valence-corrected chi connectivity index (χ2v) is 23.6. The minimum atomic E-state index is -0.489. The van der Waals surface area contributed by atoms with Crippen LogP contribution in [-0.4, -0.2) is 25.1 Å². The average Bonchev–Trinajstić information content (AvgIpc) is 3.08. The summed E-state index contributed by atoms with van der Waals surface area (Å²) in [6.07, 6.45) is 0. The normalized spacial score (nSPS) is 22.3. The van der Waals surface area contributed by atoms with Crippen LogP contribution in [0.1, 0.15) is 100 Å². The molecule has 6 atom stereocenters. The maximum Gasteiger partial charge on any atom is 0.171 e. The molecule has 11 aromatic carbocycles. The van der Waals surface area contributed by atoms with Gasteiger partial charge in [0.2, 0.25) is 0 Å². The largest absolute Gasteiger partial charge is 0.308 e. The highest BCUT2D eigenvalue weighted by atomic mass is 16.1. The summed E-state index contributed by atoms with van der Waals surface area (Å²) in [5.41, 5.74) is 22.9. The summed E-state index contributed by atoms with van der Waals surface area (Å²) in [6.45, 7) is 0. The first-order chi connectivity index (χ1) is 39.1. The summed E-state index contributed by atoms with van der Waals surface area (Å²) < 4.78 is 7.43. The van der Waals surface area contributed by atoms with Crippen LogP contribution in [0.5, 0.6) is 0 Å². The Morgan fingerprint density at radius 1 is 0.278 bits per heavy atom. The van der Waals surface area contributed by atoms with Gasteiger partial charge in [-0.05, 0) is 116 Å². The zero-order valence-corrected chi connectivity index (χ0v) is 42.3. The van der Waals surface area contributed by atoms with Gasteiger partial charge in [-0.1, -0.05) is 164 Å². The minimum Gasteiger partial charge on any atom is -0.308 e. The van der Waals surface area contributed by atoms with Crippen molar-refractivity contribution in [3.05, 3.63) is 291 Å². The summed E-state index contributed by atoms with van der Waals surface area (Å²) >= 11 is 0. The predicted octanol–water partition coefficient (Wildman–Crippen LogP) is 16.5. The van der Waals surface area contributed by atoms with E-state index in [0.717, 1.165) is 105 Å². The summed E-state index contributed by atoms with van der Waals surface area (Å²) in [4.78, 5) is 31.3. The van der Waals surface area contributed by atoms with Crippen LogP contribution < -0.4 is 0 Å². The van der Waals surface area contributed by atoms with E-state index in [1.807, 2.05) is 0 Å². The monoisotopic (exact) mass is 1000 g/mol. The lowest BCUT2D eigenvalue weighted by Gasteiger charge is -2.48. The predicted molar refractivity (Wildman–Crippen MR) is 315 cm³/mol. The van der Waals surface area contributed by atoms with E-state index in [-0.39, 0.29) is 35.2 Å². The van der Waals surface area contributed by atoms with Crippen molar-refractivity contribution in [1.29, 1.82) is 0 Å². The lowest BCUT2D eigenvalue weighted by atomic mass is 9.52. The van der Waals surface area contributed by atoms with Gasteiger partial charge in [-0.25, -0.2) is 0 Å². The second kappa shape index (κ2) is 13.1. The Morgan fingerprint density at radius 3 is 1.18 bits per heavy atom. The number of benzene rings is 11. The Morgan fingerprint density at radius 2 is 0.684 bits per heavy atom. The van der Waals surface area contributed by atoms with Gasteiger partial charge in [-0.2, -0.15) is 0 Å². The van der Waals surface area contributed by atoms with Gasteiger partial charge in [0.25, 0.3) is 0 Å². The fraction of sp³-hybridized carbons (Fsp3) is 0.0811. The van der Waals surface area contributed by atoms with E-state index in [9.17, 15) is 0 Å². The molecule has 0 radical (unpaired) electrons. The molecule has 21 rings (SSSR count). The van der Waals surface area contributed by atoms with E-state index in [1.54, 1.807) is 0 Å². The topological polar surface area (TPSA) is 48.4 Å². The number of ketones is 2. The van der Waals surface area contributed by atoms with Crippen molar-refractivity contribution in [2.24, 2.45) is 0 Å². The summed E-state index contributed by atoms with van der Waals surface area (Å²) in [6, 6.07) is 82.6. The number of rotatable bonds is 2. The number of aromatic nitrogens is 3. The number of fused-ring (bicyclic) bond motifs is 25. The van der Waals surface area contributed by atoms with Gasteiger partial charge in [0.1, 0.15) is 0 Å². The van der Waals surface area contributed by atoms with Crippen LogP contribution in [-0.2, 0) is 10.8 Å². The SMILES string of the molecule is O=C1c2cc3c(cc2C24c5ccccc5C2c2ccccc2C14)c1cc(-n2c4ccccc4c4ccc5c6ccccc6n(-c6ccccc6)c5c42)cc2c4cc5c(cc4n3c12)C(=O)C1c2ccccc2C2c3ccccc3C512. The van der Waals surface area contributed by atoms with Crippen LogP contribution in [0, 0.1) is 0 Å². The molecule has 364 valence electrons. The smallest absolute Gasteiger partial charge is 0.171 e. The van der Waals surface area contributed by atoms with E-state index < -0.39 is 10.8 Å². The Balaban J connectivity index is 0.926. The van der Waals surface area contributed by atoms with Crippen molar-refractivity contribution >= 4 is 93.3 Å². The third-order valence-corrected chi connectivity index (χ3v) is 20.8. The Hall–Kier alpha value is -9.84. The maximum atomic E-state index is 15.6. The maximum absolute atomic E-state index is 15.6. The number of nitrogens with zero attached hydrogens (tertiary/aromatic N) is 3. The first-order valence-corrected chi connectivity index (χ1v) is 27.9. The van der Waals surface area contributed by atoms with Crippen molar-refractivity contribution in [2.75, 3.05) is 0 Å². The van der Waals surface area contributed by atoms with Crippen LogP contribution in [0.25, 0.3) is 93.1 Å². The minimum absolute atomic E-state index is 0.0926. The molecule has 0 amide bonds. The average molecular weight is 1000 g/mol. The fourth-order valence-corrected chi connectivity index (χ4v) is 18.3. The van der Waals surface area contributed by atoms with Crippen molar-refractivity contribution in [3.63, 3.8) is 0 Å². The number of carbonyl (C=O) groups excluding carboxylic acids is 2. The number of Topliss-reactive ketones (excluding diaryl/α,β-unsaturated/α-hetero) is 2. The van der Waals surface area contributed by atoms with E-state index in [0.29, 0.717) is 0 Å². The molecule has 0 bridgehead atoms. The first-order valence-electron chi connectivity index (χ1n) is 27.9. The molecule has 5 heteroatoms. The van der Waals surface area contributed by atoms with Crippen molar-refractivity contribution in [3.8, 4) is 11.4 Å². The third kappa shape index (κ3) is 4.12. The number of hydrogen-bond donors (Lipinski definition) is 0. The molecule has 6 aliphatic carbocycles. The van der Waals surface area contributed by atoms with Crippen molar-refractivity contribution in [2.45, 2.75) is 34.5 Å². The van der Waals surface area contributed by atoms with Crippen molar-refractivity contribution in [1.82, 2.24) is 13.5 Å². The van der Waals surface area contributed by atoms with Gasteiger partial charge >= 0.3 is 0 Å². The lowest BCUT2D eigenvalue weighted by Crippen LogP contribution is -2.43. The zero-order valence-electron chi connectivity index (χ0n) is 42.3. The molecule has 15 aromatic rings. The van der Waals surface area contributed by atoms with Crippen LogP contribution in [0.3, 0.4) is 0 Å². The van der Waals surface area contributed by atoms with E-state index in [1.165, 1.54) is 54.9 Å². The molecule has 0 N–H and O–H groups in total. The lowest BCUT2D eigenvalue weighted by molar-refractivity contribution is 0.0941. The van der Waals surface area contributed by atoms with Crippen LogP contribution in [0.2, 0.25) is 0 Å². The standard InChI is InChI=1S/C74H41N3O2/c78-71-54-36-62-50(34-58(54)73-56-26-12-8-24-48(56)64(73)42-20-4-6-22-44(42)66(71)73)52-32-39(76-61-29-15-11-19-41(61)47-31-30-46-40-18-10-14-28-60(40)75(69(46)70(47)76)38-16-2-1-3-17-38)33-53-51-35-59-55(37-63(51)77(62)68(52)53)72(79)67-45-23-7-5-21-43(45)65-49-25-9-13-27-57(49)74(59,65)67/h1-37,64-67H. The molecule has 5 nitrogen and oxygen atoms in total. The molecule has 6 aliphatic rings. The van der Waals surface area contributed by atoms with Gasteiger partial charge in [-0.15, -0.1) is 0 Å². The van der Waals surface area contributed by atoms with Crippen LogP contribution in [0.4, 0.5) is 0 Å². The van der Waals surface area contributed by atoms with Gasteiger partial charge in [0.15, 0.2) is 11.6 Å².